The van der Waals surface area contributed by atoms with Crippen LogP contribution in [-0.2, 0) is 0 Å². The quantitative estimate of drug-likeness (QED) is 0.880. The molecule has 5 atom stereocenters. The standard InChI is InChI=1S/C17H21F2N/c1-2-20-17(11-4-3-5-12(18)16(11)19)15-13-9-6-7-10(8-9)14(13)15/h3-5,9-10,13-15,17,20H,2,6-8H2,1H3. The molecule has 108 valence electrons. The first kappa shape index (κ1) is 12.8. The van der Waals surface area contributed by atoms with Crippen LogP contribution in [0.15, 0.2) is 18.2 Å². The average molecular weight is 277 g/mol. The molecule has 0 saturated heterocycles. The van der Waals surface area contributed by atoms with E-state index in [0.29, 0.717) is 11.5 Å². The molecule has 2 bridgehead atoms. The molecule has 1 aromatic rings. The minimum Gasteiger partial charge on any atom is -0.310 e. The Balaban J connectivity index is 1.64. The number of rotatable bonds is 4. The molecule has 0 amide bonds. The fraction of sp³-hybridized carbons (Fsp3) is 0.647. The van der Waals surface area contributed by atoms with Crippen molar-refractivity contribution in [1.29, 1.82) is 0 Å². The molecule has 3 saturated carbocycles. The van der Waals surface area contributed by atoms with Crippen molar-refractivity contribution in [2.75, 3.05) is 6.54 Å². The predicted octanol–water partition coefficient (Wildman–Crippen LogP) is 3.91. The smallest absolute Gasteiger partial charge is 0.163 e. The van der Waals surface area contributed by atoms with E-state index in [1.54, 1.807) is 12.1 Å². The second-order valence-electron chi connectivity index (χ2n) is 6.74. The fourth-order valence-corrected chi connectivity index (χ4v) is 5.27. The summed E-state index contributed by atoms with van der Waals surface area (Å²) in [5.74, 6) is 2.38. The van der Waals surface area contributed by atoms with Crippen LogP contribution >= 0.6 is 0 Å². The van der Waals surface area contributed by atoms with Gasteiger partial charge in [0.25, 0.3) is 0 Å². The summed E-state index contributed by atoms with van der Waals surface area (Å²) in [6, 6.07) is 4.58. The second-order valence-corrected chi connectivity index (χ2v) is 6.74. The highest BCUT2D eigenvalue weighted by molar-refractivity contribution is 5.28. The molecule has 1 aromatic carbocycles. The lowest BCUT2D eigenvalue weighted by atomic mass is 9.92. The Labute approximate surface area is 118 Å². The van der Waals surface area contributed by atoms with Gasteiger partial charge in [-0.05, 0) is 61.5 Å². The normalized spacial score (nSPS) is 38.9. The molecule has 1 N–H and O–H groups in total. The Morgan fingerprint density at radius 1 is 1.20 bits per heavy atom. The van der Waals surface area contributed by atoms with Crippen molar-refractivity contribution >= 4 is 0 Å². The summed E-state index contributed by atoms with van der Waals surface area (Å²) in [6.07, 6.45) is 4.09. The number of benzene rings is 1. The van der Waals surface area contributed by atoms with E-state index in [4.69, 9.17) is 0 Å². The van der Waals surface area contributed by atoms with Crippen LogP contribution in [-0.4, -0.2) is 6.54 Å². The third-order valence-electron chi connectivity index (χ3n) is 5.92. The highest BCUT2D eigenvalue weighted by Gasteiger charge is 2.66. The van der Waals surface area contributed by atoms with Crippen molar-refractivity contribution in [2.24, 2.45) is 29.6 Å². The lowest BCUT2D eigenvalue weighted by Crippen LogP contribution is -2.26. The van der Waals surface area contributed by atoms with Gasteiger partial charge in [0.1, 0.15) is 0 Å². The van der Waals surface area contributed by atoms with Gasteiger partial charge in [0.2, 0.25) is 0 Å². The van der Waals surface area contributed by atoms with Gasteiger partial charge < -0.3 is 5.32 Å². The lowest BCUT2D eigenvalue weighted by molar-refractivity contribution is 0.361. The number of halogens is 2. The summed E-state index contributed by atoms with van der Waals surface area (Å²) < 4.78 is 27.7. The van der Waals surface area contributed by atoms with Gasteiger partial charge in [0, 0.05) is 11.6 Å². The van der Waals surface area contributed by atoms with E-state index in [9.17, 15) is 8.78 Å². The van der Waals surface area contributed by atoms with Crippen molar-refractivity contribution in [2.45, 2.75) is 32.2 Å². The van der Waals surface area contributed by atoms with Crippen LogP contribution in [0, 0.1) is 41.2 Å². The highest BCUT2D eigenvalue weighted by atomic mass is 19.2. The molecule has 1 nitrogen and oxygen atoms in total. The average Bonchev–Trinajstić information content (AvgIpc) is 2.86. The third-order valence-corrected chi connectivity index (χ3v) is 5.92. The Morgan fingerprint density at radius 3 is 2.55 bits per heavy atom. The first-order valence-electron chi connectivity index (χ1n) is 7.89. The van der Waals surface area contributed by atoms with E-state index in [2.05, 4.69) is 5.32 Å². The zero-order valence-corrected chi connectivity index (χ0v) is 11.8. The zero-order chi connectivity index (χ0) is 13.9. The molecule has 3 fully saturated rings. The number of fused-ring (bicyclic) bond motifs is 5. The minimum atomic E-state index is -0.723. The molecule has 20 heavy (non-hydrogen) atoms. The van der Waals surface area contributed by atoms with Crippen LogP contribution < -0.4 is 5.32 Å². The number of nitrogens with one attached hydrogen (secondary N) is 1. The summed E-state index contributed by atoms with van der Waals surface area (Å²) >= 11 is 0. The van der Waals surface area contributed by atoms with Gasteiger partial charge in [-0.2, -0.15) is 0 Å². The van der Waals surface area contributed by atoms with Crippen molar-refractivity contribution < 1.29 is 8.78 Å². The van der Waals surface area contributed by atoms with Gasteiger partial charge in [-0.15, -0.1) is 0 Å². The summed E-state index contributed by atoms with van der Waals surface area (Å²) in [5.41, 5.74) is 0.533. The first-order valence-corrected chi connectivity index (χ1v) is 7.89. The summed E-state index contributed by atoms with van der Waals surface area (Å²) in [7, 11) is 0. The SMILES string of the molecule is CCNC(c1cccc(F)c1F)C1C2C3CCC(C3)C21. The van der Waals surface area contributed by atoms with E-state index in [1.165, 1.54) is 25.3 Å². The molecule has 3 aliphatic rings. The van der Waals surface area contributed by atoms with E-state index < -0.39 is 11.6 Å². The van der Waals surface area contributed by atoms with E-state index in [0.717, 1.165) is 30.2 Å². The van der Waals surface area contributed by atoms with E-state index in [1.807, 2.05) is 6.92 Å². The van der Waals surface area contributed by atoms with Gasteiger partial charge in [0.05, 0.1) is 0 Å². The lowest BCUT2D eigenvalue weighted by Gasteiger charge is -2.22. The first-order chi connectivity index (χ1) is 9.72. The molecule has 0 spiro atoms. The molecule has 0 aliphatic heterocycles. The van der Waals surface area contributed by atoms with E-state index in [-0.39, 0.29) is 6.04 Å². The maximum Gasteiger partial charge on any atom is 0.163 e. The van der Waals surface area contributed by atoms with Crippen LogP contribution in [0.3, 0.4) is 0 Å². The molecular weight excluding hydrogens is 256 g/mol. The van der Waals surface area contributed by atoms with Crippen LogP contribution in [0.4, 0.5) is 8.78 Å². The summed E-state index contributed by atoms with van der Waals surface area (Å²) in [4.78, 5) is 0. The van der Waals surface area contributed by atoms with Crippen molar-refractivity contribution in [3.8, 4) is 0 Å². The van der Waals surface area contributed by atoms with Gasteiger partial charge in [-0.3, -0.25) is 0 Å². The van der Waals surface area contributed by atoms with Crippen LogP contribution in [0.5, 0.6) is 0 Å². The Kier molecular flexibility index (Phi) is 2.88. The van der Waals surface area contributed by atoms with E-state index >= 15 is 0 Å². The molecule has 0 aromatic heterocycles. The minimum absolute atomic E-state index is 0.00546. The number of hydrogen-bond acceptors (Lipinski definition) is 1. The summed E-state index contributed by atoms with van der Waals surface area (Å²) in [6.45, 7) is 2.84. The predicted molar refractivity (Wildman–Crippen MR) is 74.1 cm³/mol. The van der Waals surface area contributed by atoms with Crippen LogP contribution in [0.1, 0.15) is 37.8 Å². The fourth-order valence-electron chi connectivity index (χ4n) is 5.27. The van der Waals surface area contributed by atoms with Gasteiger partial charge >= 0.3 is 0 Å². The molecule has 0 radical (unpaired) electrons. The molecule has 5 unspecified atom stereocenters. The van der Waals surface area contributed by atoms with Crippen LogP contribution in [0.2, 0.25) is 0 Å². The molecule has 3 aliphatic carbocycles. The molecular formula is C17H21F2N. The van der Waals surface area contributed by atoms with Crippen molar-refractivity contribution in [3.63, 3.8) is 0 Å². The van der Waals surface area contributed by atoms with Gasteiger partial charge in [-0.25, -0.2) is 8.78 Å². The second kappa shape index (κ2) is 4.52. The van der Waals surface area contributed by atoms with Crippen LogP contribution in [0.25, 0.3) is 0 Å². The highest BCUT2D eigenvalue weighted by Crippen LogP contribution is 2.72. The van der Waals surface area contributed by atoms with Gasteiger partial charge in [0.15, 0.2) is 11.6 Å². The summed E-state index contributed by atoms with van der Waals surface area (Å²) in [5, 5.41) is 3.42. The molecule has 0 heterocycles. The van der Waals surface area contributed by atoms with Crippen molar-refractivity contribution in [1.82, 2.24) is 5.32 Å². The zero-order valence-electron chi connectivity index (χ0n) is 11.8. The van der Waals surface area contributed by atoms with Crippen molar-refractivity contribution in [3.05, 3.63) is 35.4 Å². The maximum absolute atomic E-state index is 14.1. The maximum atomic E-state index is 14.1. The third kappa shape index (κ3) is 1.68. The molecule has 3 heteroatoms. The monoisotopic (exact) mass is 277 g/mol. The largest absolute Gasteiger partial charge is 0.310 e. The number of hydrogen-bond donors (Lipinski definition) is 1. The topological polar surface area (TPSA) is 12.0 Å². The molecule has 4 rings (SSSR count). The Morgan fingerprint density at radius 2 is 1.90 bits per heavy atom. The Hall–Kier alpha value is -0.960. The van der Waals surface area contributed by atoms with Gasteiger partial charge in [-0.1, -0.05) is 19.1 Å². The Bertz CT molecular complexity index is 514.